The zero-order valence-corrected chi connectivity index (χ0v) is 5.65. The summed E-state index contributed by atoms with van der Waals surface area (Å²) in [4.78, 5) is 7.77. The normalized spacial score (nSPS) is 13.5. The molecule has 4 nitrogen and oxygen atoms in total. The van der Waals surface area contributed by atoms with Gasteiger partial charge >= 0.3 is 0 Å². The third-order valence-electron chi connectivity index (χ3n) is 1.57. The van der Waals surface area contributed by atoms with Gasteiger partial charge in [-0.3, -0.25) is 9.98 Å². The van der Waals surface area contributed by atoms with Crippen LogP contribution in [0.2, 0.25) is 0 Å². The van der Waals surface area contributed by atoms with Crippen LogP contribution in [-0.2, 0) is 0 Å². The maximum absolute atomic E-state index is 9.19. The van der Waals surface area contributed by atoms with Crippen molar-refractivity contribution in [1.82, 2.24) is 0 Å². The molecule has 0 radical (unpaired) electrons. The van der Waals surface area contributed by atoms with Gasteiger partial charge in [-0.2, -0.15) is 0 Å². The summed E-state index contributed by atoms with van der Waals surface area (Å²) >= 11 is 0. The molecule has 0 amide bonds. The van der Waals surface area contributed by atoms with Gasteiger partial charge in [0.2, 0.25) is 0 Å². The molecule has 1 aromatic carbocycles. The first kappa shape index (κ1) is 6.15. The summed E-state index contributed by atoms with van der Waals surface area (Å²) in [5.41, 5.74) is 0. The Morgan fingerprint density at radius 1 is 1.00 bits per heavy atom. The predicted molar refractivity (Wildman–Crippen MR) is 37.0 cm³/mol. The minimum atomic E-state index is 0.0686. The topological polar surface area (TPSA) is 65.2 Å². The van der Waals surface area contributed by atoms with E-state index >= 15 is 0 Å². The lowest BCUT2D eigenvalue weighted by atomic mass is 10.3. The molecule has 0 unspecified atom stereocenters. The second kappa shape index (κ2) is 1.95. The Bertz CT molecular complexity index is 372. The molecule has 0 bridgehead atoms. The molecule has 11 heavy (non-hydrogen) atoms. The van der Waals surface area contributed by atoms with Crippen LogP contribution in [0.1, 0.15) is 0 Å². The van der Waals surface area contributed by atoms with Crippen molar-refractivity contribution < 1.29 is 10.2 Å². The smallest absolute Gasteiger partial charge is 0.143 e. The van der Waals surface area contributed by atoms with E-state index in [1.165, 1.54) is 12.1 Å². The molecule has 2 N–H and O–H groups in total. The number of aromatic hydroxyl groups is 2. The van der Waals surface area contributed by atoms with Crippen molar-refractivity contribution >= 4 is 0 Å². The van der Waals surface area contributed by atoms with E-state index in [4.69, 9.17) is 0 Å². The monoisotopic (exact) mass is 150 g/mol. The van der Waals surface area contributed by atoms with Crippen LogP contribution in [-0.4, -0.2) is 16.9 Å². The SMILES string of the molecule is Oc1ccc(O)c2c1=NCN=2. The first-order valence-electron chi connectivity index (χ1n) is 3.19. The second-order valence-electron chi connectivity index (χ2n) is 2.26. The van der Waals surface area contributed by atoms with E-state index in [-0.39, 0.29) is 11.5 Å². The maximum atomic E-state index is 9.19. The third kappa shape index (κ3) is 0.756. The van der Waals surface area contributed by atoms with Crippen molar-refractivity contribution in [1.29, 1.82) is 0 Å². The number of phenolic OH excluding ortho intramolecular Hbond substituents is 2. The maximum Gasteiger partial charge on any atom is 0.143 e. The molecule has 1 aliphatic rings. The second-order valence-corrected chi connectivity index (χ2v) is 2.26. The fourth-order valence-corrected chi connectivity index (χ4v) is 1.05. The summed E-state index contributed by atoms with van der Waals surface area (Å²) in [6, 6.07) is 2.80. The standard InChI is InChI=1S/C7H6N2O2/c10-4-1-2-5(11)7-6(4)8-3-9-7/h1-2,10-11H,3H2. The van der Waals surface area contributed by atoms with E-state index in [1.54, 1.807) is 0 Å². The third-order valence-corrected chi connectivity index (χ3v) is 1.57. The first-order valence-corrected chi connectivity index (χ1v) is 3.19. The highest BCUT2D eigenvalue weighted by Gasteiger charge is 2.05. The number of phenols is 2. The number of rotatable bonds is 0. The number of hydrogen-bond acceptors (Lipinski definition) is 4. The highest BCUT2D eigenvalue weighted by molar-refractivity contribution is 5.29. The number of fused-ring (bicyclic) bond motifs is 1. The van der Waals surface area contributed by atoms with Gasteiger partial charge in [-0.1, -0.05) is 0 Å². The summed E-state index contributed by atoms with van der Waals surface area (Å²) in [6.45, 7) is 0.292. The van der Waals surface area contributed by atoms with E-state index in [0.29, 0.717) is 17.4 Å². The Labute approximate surface area is 62.2 Å². The van der Waals surface area contributed by atoms with Gasteiger partial charge in [0.25, 0.3) is 0 Å². The van der Waals surface area contributed by atoms with Crippen LogP contribution in [0.3, 0.4) is 0 Å². The van der Waals surface area contributed by atoms with Crippen LogP contribution >= 0.6 is 0 Å². The van der Waals surface area contributed by atoms with E-state index in [1.807, 2.05) is 0 Å². The van der Waals surface area contributed by atoms with E-state index < -0.39 is 0 Å². The Balaban J connectivity index is 2.98. The van der Waals surface area contributed by atoms with Gasteiger partial charge in [-0.25, -0.2) is 0 Å². The molecule has 4 heteroatoms. The largest absolute Gasteiger partial charge is 0.506 e. The highest BCUT2D eigenvalue weighted by Crippen LogP contribution is 2.04. The number of benzene rings is 1. The molecular weight excluding hydrogens is 144 g/mol. The van der Waals surface area contributed by atoms with Crippen molar-refractivity contribution in [3.63, 3.8) is 0 Å². The fourth-order valence-electron chi connectivity index (χ4n) is 1.05. The summed E-state index contributed by atoms with van der Waals surface area (Å²) in [6.07, 6.45) is 0. The van der Waals surface area contributed by atoms with Gasteiger partial charge < -0.3 is 10.2 Å². The molecule has 1 aromatic rings. The summed E-state index contributed by atoms with van der Waals surface area (Å²) in [7, 11) is 0. The predicted octanol–water partition coefficient (Wildman–Crippen LogP) is -0.692. The summed E-state index contributed by atoms with van der Waals surface area (Å²) < 4.78 is 0. The molecule has 0 fully saturated rings. The Hall–Kier alpha value is -1.58. The molecule has 0 aliphatic carbocycles. The molecule has 2 rings (SSSR count). The quantitative estimate of drug-likeness (QED) is 0.481. The van der Waals surface area contributed by atoms with Crippen molar-refractivity contribution in [3.8, 4) is 11.5 Å². The van der Waals surface area contributed by atoms with Crippen LogP contribution in [0.15, 0.2) is 22.1 Å². The molecule has 0 spiro atoms. The molecular formula is C7H6N2O2. The molecule has 1 aliphatic heterocycles. The number of hydrogen-bond donors (Lipinski definition) is 2. The Morgan fingerprint density at radius 2 is 1.45 bits per heavy atom. The molecule has 0 aromatic heterocycles. The zero-order valence-electron chi connectivity index (χ0n) is 5.65. The molecule has 0 saturated carbocycles. The molecule has 0 saturated heterocycles. The highest BCUT2D eigenvalue weighted by atomic mass is 16.3. The van der Waals surface area contributed by atoms with Crippen LogP contribution in [0.4, 0.5) is 0 Å². The Morgan fingerprint density at radius 3 is 1.91 bits per heavy atom. The lowest BCUT2D eigenvalue weighted by molar-refractivity contribution is 0.449. The van der Waals surface area contributed by atoms with Crippen LogP contribution in [0.5, 0.6) is 11.5 Å². The van der Waals surface area contributed by atoms with Gasteiger partial charge in [-0.05, 0) is 12.1 Å². The molecule has 56 valence electrons. The minimum Gasteiger partial charge on any atom is -0.506 e. The Kier molecular flexibility index (Phi) is 1.09. The lowest BCUT2D eigenvalue weighted by Gasteiger charge is -1.91. The molecule has 1 heterocycles. The van der Waals surface area contributed by atoms with Gasteiger partial charge in [0.1, 0.15) is 28.9 Å². The van der Waals surface area contributed by atoms with Crippen molar-refractivity contribution in [2.24, 2.45) is 9.98 Å². The van der Waals surface area contributed by atoms with Crippen LogP contribution in [0, 0.1) is 0 Å². The van der Waals surface area contributed by atoms with Crippen molar-refractivity contribution in [2.45, 2.75) is 0 Å². The lowest BCUT2D eigenvalue weighted by Crippen LogP contribution is -2.21. The zero-order chi connectivity index (χ0) is 7.84. The van der Waals surface area contributed by atoms with E-state index in [0.717, 1.165) is 0 Å². The van der Waals surface area contributed by atoms with Crippen LogP contribution < -0.4 is 10.7 Å². The first-order chi connectivity index (χ1) is 5.29. The number of nitrogens with zero attached hydrogens (tertiary/aromatic N) is 2. The van der Waals surface area contributed by atoms with Crippen LogP contribution in [0.25, 0.3) is 0 Å². The van der Waals surface area contributed by atoms with Crippen molar-refractivity contribution in [3.05, 3.63) is 22.8 Å². The molecule has 0 atom stereocenters. The average Bonchev–Trinajstić information content (AvgIpc) is 2.45. The fraction of sp³-hybridized carbons (Fsp3) is 0.143. The van der Waals surface area contributed by atoms with E-state index in [9.17, 15) is 10.2 Å². The van der Waals surface area contributed by atoms with E-state index in [2.05, 4.69) is 9.98 Å². The minimum absolute atomic E-state index is 0.0686. The van der Waals surface area contributed by atoms with Gasteiger partial charge in [0.05, 0.1) is 0 Å². The van der Waals surface area contributed by atoms with Gasteiger partial charge in [0.15, 0.2) is 0 Å². The summed E-state index contributed by atoms with van der Waals surface area (Å²) in [5.74, 6) is 0.137. The average molecular weight is 150 g/mol. The van der Waals surface area contributed by atoms with Gasteiger partial charge in [-0.15, -0.1) is 0 Å². The summed E-state index contributed by atoms with van der Waals surface area (Å²) in [5, 5.41) is 19.2. The van der Waals surface area contributed by atoms with Crippen molar-refractivity contribution in [2.75, 3.05) is 6.67 Å². The van der Waals surface area contributed by atoms with Gasteiger partial charge in [0, 0.05) is 0 Å².